The molecular formula is C16H20N2O2. The second kappa shape index (κ2) is 6.91. The fraction of sp³-hybridized carbons (Fsp3) is 0.312. The Morgan fingerprint density at radius 2 is 1.95 bits per heavy atom. The van der Waals surface area contributed by atoms with Crippen LogP contribution in [0.25, 0.3) is 0 Å². The number of hydrogen-bond donors (Lipinski definition) is 1. The van der Waals surface area contributed by atoms with Crippen LogP contribution in [0.5, 0.6) is 5.75 Å². The van der Waals surface area contributed by atoms with Crippen LogP contribution < -0.4 is 16.0 Å². The molecule has 2 aromatic rings. The molecular weight excluding hydrogens is 252 g/mol. The Morgan fingerprint density at radius 1 is 1.20 bits per heavy atom. The fourth-order valence-electron chi connectivity index (χ4n) is 1.98. The average Bonchev–Trinajstić information content (AvgIpc) is 2.48. The lowest BCUT2D eigenvalue weighted by Crippen LogP contribution is -2.22. The lowest BCUT2D eigenvalue weighted by molar-refractivity contribution is 0.301. The summed E-state index contributed by atoms with van der Waals surface area (Å²) in [5, 5.41) is 0. The third-order valence-electron chi connectivity index (χ3n) is 3.18. The second-order valence-corrected chi connectivity index (χ2v) is 4.74. The van der Waals surface area contributed by atoms with E-state index in [9.17, 15) is 4.79 Å². The van der Waals surface area contributed by atoms with Crippen molar-refractivity contribution in [2.75, 3.05) is 6.61 Å². The number of ether oxygens (including phenoxy) is 1. The summed E-state index contributed by atoms with van der Waals surface area (Å²) in [6.07, 6.45) is 2.60. The first-order chi connectivity index (χ1) is 9.70. The summed E-state index contributed by atoms with van der Waals surface area (Å²) in [5.74, 6) is 0.832. The number of aromatic nitrogens is 1. The highest BCUT2D eigenvalue weighted by Gasteiger charge is 1.99. The molecule has 106 valence electrons. The number of nitrogens with two attached hydrogens (primary N) is 1. The van der Waals surface area contributed by atoms with Crippen molar-refractivity contribution in [1.29, 1.82) is 0 Å². The Kier molecular flexibility index (Phi) is 4.96. The molecule has 0 aliphatic rings. The van der Waals surface area contributed by atoms with Crippen LogP contribution in [0.1, 0.15) is 17.5 Å². The molecule has 1 aromatic heterocycles. The standard InChI is InChI=1S/C16H20N2O2/c1-13-4-2-9-18(16(13)19)10-3-11-20-15-7-5-14(12-17)6-8-15/h2,4-9H,3,10-12,17H2,1H3. The van der Waals surface area contributed by atoms with Gasteiger partial charge < -0.3 is 15.0 Å². The molecule has 0 unspecified atom stereocenters. The van der Waals surface area contributed by atoms with Crippen LogP contribution in [0.3, 0.4) is 0 Å². The zero-order valence-corrected chi connectivity index (χ0v) is 11.7. The molecule has 2 rings (SSSR count). The second-order valence-electron chi connectivity index (χ2n) is 4.74. The first-order valence-electron chi connectivity index (χ1n) is 6.78. The van der Waals surface area contributed by atoms with Gasteiger partial charge in [-0.2, -0.15) is 0 Å². The third-order valence-corrected chi connectivity index (χ3v) is 3.18. The summed E-state index contributed by atoms with van der Waals surface area (Å²) in [6.45, 7) is 3.62. The fourth-order valence-corrected chi connectivity index (χ4v) is 1.98. The molecule has 0 spiro atoms. The van der Waals surface area contributed by atoms with E-state index in [2.05, 4.69) is 0 Å². The number of rotatable bonds is 6. The molecule has 0 saturated carbocycles. The summed E-state index contributed by atoms with van der Waals surface area (Å²) in [6, 6.07) is 11.5. The maximum Gasteiger partial charge on any atom is 0.253 e. The first-order valence-corrected chi connectivity index (χ1v) is 6.78. The molecule has 1 aromatic carbocycles. The van der Waals surface area contributed by atoms with Crippen molar-refractivity contribution < 1.29 is 4.74 Å². The van der Waals surface area contributed by atoms with Gasteiger partial charge in [0.1, 0.15) is 5.75 Å². The van der Waals surface area contributed by atoms with E-state index in [4.69, 9.17) is 10.5 Å². The molecule has 1 heterocycles. The van der Waals surface area contributed by atoms with E-state index in [1.165, 1.54) is 0 Å². The van der Waals surface area contributed by atoms with Crippen molar-refractivity contribution in [2.45, 2.75) is 26.4 Å². The Balaban J connectivity index is 1.81. The molecule has 0 radical (unpaired) electrons. The molecule has 0 saturated heterocycles. The zero-order valence-electron chi connectivity index (χ0n) is 11.7. The minimum absolute atomic E-state index is 0.0693. The SMILES string of the molecule is Cc1cccn(CCCOc2ccc(CN)cc2)c1=O. The molecule has 20 heavy (non-hydrogen) atoms. The molecule has 4 heteroatoms. The van der Waals surface area contributed by atoms with Gasteiger partial charge in [0.2, 0.25) is 0 Å². The van der Waals surface area contributed by atoms with Crippen LogP contribution in [-0.4, -0.2) is 11.2 Å². The highest BCUT2D eigenvalue weighted by Crippen LogP contribution is 2.12. The Hall–Kier alpha value is -2.07. The van der Waals surface area contributed by atoms with Gasteiger partial charge in [-0.15, -0.1) is 0 Å². The minimum atomic E-state index is 0.0693. The lowest BCUT2D eigenvalue weighted by atomic mass is 10.2. The van der Waals surface area contributed by atoms with Crippen LogP contribution in [0.2, 0.25) is 0 Å². The molecule has 4 nitrogen and oxygen atoms in total. The zero-order chi connectivity index (χ0) is 14.4. The van der Waals surface area contributed by atoms with Crippen LogP contribution in [0.15, 0.2) is 47.4 Å². The Bertz CT molecular complexity index is 603. The average molecular weight is 272 g/mol. The normalized spacial score (nSPS) is 10.5. The number of aryl methyl sites for hydroxylation is 2. The first kappa shape index (κ1) is 14.3. The molecule has 0 fully saturated rings. The number of benzene rings is 1. The maximum absolute atomic E-state index is 11.8. The molecule has 0 bridgehead atoms. The predicted octanol–water partition coefficient (Wildman–Crippen LogP) is 2.08. The summed E-state index contributed by atoms with van der Waals surface area (Å²) in [7, 11) is 0. The minimum Gasteiger partial charge on any atom is -0.494 e. The largest absolute Gasteiger partial charge is 0.494 e. The van der Waals surface area contributed by atoms with E-state index in [1.54, 1.807) is 4.57 Å². The summed E-state index contributed by atoms with van der Waals surface area (Å²) < 4.78 is 7.36. The van der Waals surface area contributed by atoms with E-state index in [-0.39, 0.29) is 5.56 Å². The third kappa shape index (κ3) is 3.71. The molecule has 0 amide bonds. The Morgan fingerprint density at radius 3 is 2.65 bits per heavy atom. The lowest BCUT2D eigenvalue weighted by Gasteiger charge is -2.08. The smallest absolute Gasteiger partial charge is 0.253 e. The van der Waals surface area contributed by atoms with Gasteiger partial charge in [0, 0.05) is 24.8 Å². The van der Waals surface area contributed by atoms with Crippen molar-refractivity contribution in [2.24, 2.45) is 5.73 Å². The van der Waals surface area contributed by atoms with Crippen LogP contribution in [-0.2, 0) is 13.1 Å². The number of pyridine rings is 1. The van der Waals surface area contributed by atoms with Gasteiger partial charge in [-0.3, -0.25) is 4.79 Å². The van der Waals surface area contributed by atoms with Crippen molar-refractivity contribution >= 4 is 0 Å². The number of hydrogen-bond acceptors (Lipinski definition) is 3. The topological polar surface area (TPSA) is 57.2 Å². The van der Waals surface area contributed by atoms with Gasteiger partial charge in [0.15, 0.2) is 0 Å². The quantitative estimate of drug-likeness (QED) is 0.819. The van der Waals surface area contributed by atoms with Crippen LogP contribution in [0, 0.1) is 6.92 Å². The predicted molar refractivity (Wildman–Crippen MR) is 79.9 cm³/mol. The van der Waals surface area contributed by atoms with Gasteiger partial charge in [0.25, 0.3) is 5.56 Å². The van der Waals surface area contributed by atoms with Crippen molar-refractivity contribution in [3.05, 3.63) is 64.1 Å². The van der Waals surface area contributed by atoms with E-state index in [0.717, 1.165) is 23.3 Å². The maximum atomic E-state index is 11.8. The van der Waals surface area contributed by atoms with Crippen LogP contribution in [0.4, 0.5) is 0 Å². The van der Waals surface area contributed by atoms with E-state index < -0.39 is 0 Å². The molecule has 0 atom stereocenters. The van der Waals surface area contributed by atoms with Crippen molar-refractivity contribution in [1.82, 2.24) is 4.57 Å². The van der Waals surface area contributed by atoms with E-state index >= 15 is 0 Å². The van der Waals surface area contributed by atoms with Crippen LogP contribution >= 0.6 is 0 Å². The van der Waals surface area contributed by atoms with E-state index in [1.807, 2.05) is 49.5 Å². The molecule has 2 N–H and O–H groups in total. The Labute approximate surface area is 118 Å². The number of nitrogens with zero attached hydrogens (tertiary/aromatic N) is 1. The van der Waals surface area contributed by atoms with Crippen molar-refractivity contribution in [3.8, 4) is 5.75 Å². The van der Waals surface area contributed by atoms with Gasteiger partial charge in [0.05, 0.1) is 6.61 Å². The van der Waals surface area contributed by atoms with Gasteiger partial charge >= 0.3 is 0 Å². The van der Waals surface area contributed by atoms with E-state index in [0.29, 0.717) is 19.7 Å². The molecule has 0 aliphatic heterocycles. The summed E-state index contributed by atoms with van der Waals surface area (Å²) in [5.41, 5.74) is 7.46. The summed E-state index contributed by atoms with van der Waals surface area (Å²) in [4.78, 5) is 11.8. The molecule has 0 aliphatic carbocycles. The van der Waals surface area contributed by atoms with Gasteiger partial charge in [-0.1, -0.05) is 18.2 Å². The highest BCUT2D eigenvalue weighted by molar-refractivity contribution is 5.27. The van der Waals surface area contributed by atoms with Crippen molar-refractivity contribution in [3.63, 3.8) is 0 Å². The summed E-state index contributed by atoms with van der Waals surface area (Å²) >= 11 is 0. The van der Waals surface area contributed by atoms with Gasteiger partial charge in [-0.25, -0.2) is 0 Å². The monoisotopic (exact) mass is 272 g/mol. The van der Waals surface area contributed by atoms with Gasteiger partial charge in [-0.05, 0) is 37.1 Å². The highest BCUT2D eigenvalue weighted by atomic mass is 16.5.